The molecule has 4 aromatic rings. The summed E-state index contributed by atoms with van der Waals surface area (Å²) < 4.78 is 6.93. The number of benzene rings is 2. The molecule has 0 radical (unpaired) electrons. The Labute approximate surface area is 191 Å². The van der Waals surface area contributed by atoms with Gasteiger partial charge in [-0.25, -0.2) is 9.97 Å². The Kier molecular flexibility index (Phi) is 5.84. The third-order valence-corrected chi connectivity index (χ3v) is 5.94. The smallest absolute Gasteiger partial charge is 0.223 e. The van der Waals surface area contributed by atoms with Gasteiger partial charge in [-0.1, -0.05) is 35.5 Å². The standard InChI is InChI=1S/C24H25N7O2/c1-33-20-10-8-19(9-11-20)31-24-22(27-28-31)23(25-17-26-24)30-15-13-29(14-16-30)21(32)12-7-18-5-3-2-4-6-18/h2-6,8-11,17H,7,12-16H2,1H3. The van der Waals surface area contributed by atoms with E-state index in [1.807, 2.05) is 47.4 Å². The van der Waals surface area contributed by atoms with Crippen molar-refractivity contribution in [2.75, 3.05) is 38.2 Å². The Morgan fingerprint density at radius 2 is 1.73 bits per heavy atom. The minimum Gasteiger partial charge on any atom is -0.497 e. The molecule has 1 aliphatic rings. The van der Waals surface area contributed by atoms with Gasteiger partial charge in [0.1, 0.15) is 12.1 Å². The lowest BCUT2D eigenvalue weighted by Gasteiger charge is -2.35. The number of nitrogens with zero attached hydrogens (tertiary/aromatic N) is 7. The molecule has 0 bridgehead atoms. The van der Waals surface area contributed by atoms with Crippen molar-refractivity contribution < 1.29 is 9.53 Å². The maximum Gasteiger partial charge on any atom is 0.223 e. The van der Waals surface area contributed by atoms with Crippen LogP contribution < -0.4 is 9.64 Å². The molecule has 0 atom stereocenters. The van der Waals surface area contributed by atoms with E-state index in [1.165, 1.54) is 5.56 Å². The molecule has 0 aliphatic carbocycles. The molecule has 9 nitrogen and oxygen atoms in total. The number of hydrogen-bond acceptors (Lipinski definition) is 7. The van der Waals surface area contributed by atoms with Crippen molar-refractivity contribution >= 4 is 22.9 Å². The number of carbonyl (C=O) groups excluding carboxylic acids is 1. The summed E-state index contributed by atoms with van der Waals surface area (Å²) in [5, 5.41) is 8.67. The summed E-state index contributed by atoms with van der Waals surface area (Å²) in [5.41, 5.74) is 3.33. The van der Waals surface area contributed by atoms with Gasteiger partial charge in [0, 0.05) is 32.6 Å². The van der Waals surface area contributed by atoms with Crippen molar-refractivity contribution in [2.24, 2.45) is 0 Å². The fourth-order valence-corrected chi connectivity index (χ4v) is 4.09. The first-order valence-electron chi connectivity index (χ1n) is 11.0. The zero-order valence-corrected chi connectivity index (χ0v) is 18.5. The summed E-state index contributed by atoms with van der Waals surface area (Å²) in [5.74, 6) is 1.71. The average Bonchev–Trinajstić information content (AvgIpc) is 3.32. The first-order chi connectivity index (χ1) is 16.2. The molecule has 168 valence electrons. The van der Waals surface area contributed by atoms with Crippen molar-refractivity contribution in [3.63, 3.8) is 0 Å². The van der Waals surface area contributed by atoms with Crippen LogP contribution in [0.15, 0.2) is 60.9 Å². The summed E-state index contributed by atoms with van der Waals surface area (Å²) >= 11 is 0. The Bertz CT molecular complexity index is 1230. The normalized spacial score (nSPS) is 14.0. The van der Waals surface area contributed by atoms with Gasteiger partial charge in [0.05, 0.1) is 12.8 Å². The predicted molar refractivity (Wildman–Crippen MR) is 125 cm³/mol. The van der Waals surface area contributed by atoms with Gasteiger partial charge in [0.2, 0.25) is 5.91 Å². The Balaban J connectivity index is 1.27. The summed E-state index contributed by atoms with van der Waals surface area (Å²) in [4.78, 5) is 25.7. The zero-order valence-electron chi connectivity index (χ0n) is 18.5. The van der Waals surface area contributed by atoms with Crippen LogP contribution in [-0.4, -0.2) is 69.1 Å². The maximum absolute atomic E-state index is 12.7. The van der Waals surface area contributed by atoms with E-state index in [4.69, 9.17) is 4.74 Å². The van der Waals surface area contributed by atoms with Gasteiger partial charge in [0.15, 0.2) is 17.0 Å². The number of aromatic nitrogens is 5. The number of fused-ring (bicyclic) bond motifs is 1. The quantitative estimate of drug-likeness (QED) is 0.452. The van der Waals surface area contributed by atoms with E-state index in [0.717, 1.165) is 23.7 Å². The van der Waals surface area contributed by atoms with Gasteiger partial charge in [-0.3, -0.25) is 4.79 Å². The molecule has 0 N–H and O–H groups in total. The van der Waals surface area contributed by atoms with E-state index < -0.39 is 0 Å². The van der Waals surface area contributed by atoms with Crippen molar-refractivity contribution in [1.82, 2.24) is 29.9 Å². The monoisotopic (exact) mass is 443 g/mol. The number of aryl methyl sites for hydroxylation is 1. The van der Waals surface area contributed by atoms with Gasteiger partial charge < -0.3 is 14.5 Å². The van der Waals surface area contributed by atoms with Gasteiger partial charge >= 0.3 is 0 Å². The van der Waals surface area contributed by atoms with Gasteiger partial charge in [0.25, 0.3) is 0 Å². The third-order valence-electron chi connectivity index (χ3n) is 5.94. The molecule has 0 saturated carbocycles. The number of rotatable bonds is 6. The Morgan fingerprint density at radius 1 is 0.970 bits per heavy atom. The number of methoxy groups -OCH3 is 1. The van der Waals surface area contributed by atoms with Crippen molar-refractivity contribution in [2.45, 2.75) is 12.8 Å². The van der Waals surface area contributed by atoms with Crippen molar-refractivity contribution in [1.29, 1.82) is 0 Å². The highest BCUT2D eigenvalue weighted by Crippen LogP contribution is 2.24. The number of amides is 1. The first kappa shape index (κ1) is 20.9. The van der Waals surface area contributed by atoms with Crippen LogP contribution in [0.25, 0.3) is 16.9 Å². The second kappa shape index (κ2) is 9.23. The SMILES string of the molecule is COc1ccc(-n2nnc3c(N4CCN(C(=O)CCc5ccccc5)CC4)ncnc32)cc1. The van der Waals surface area contributed by atoms with E-state index in [0.29, 0.717) is 43.8 Å². The lowest BCUT2D eigenvalue weighted by atomic mass is 10.1. The molecule has 9 heteroatoms. The van der Waals surface area contributed by atoms with Crippen molar-refractivity contribution in [3.8, 4) is 11.4 Å². The molecule has 0 spiro atoms. The van der Waals surface area contributed by atoms with Crippen LogP contribution in [0.3, 0.4) is 0 Å². The highest BCUT2D eigenvalue weighted by Gasteiger charge is 2.24. The van der Waals surface area contributed by atoms with Crippen LogP contribution in [0.4, 0.5) is 5.82 Å². The molecular formula is C24H25N7O2. The molecule has 1 aliphatic heterocycles. The Morgan fingerprint density at radius 3 is 2.45 bits per heavy atom. The van der Waals surface area contributed by atoms with Gasteiger partial charge in [-0.2, -0.15) is 4.68 Å². The lowest BCUT2D eigenvalue weighted by Crippen LogP contribution is -2.49. The molecule has 2 aromatic heterocycles. The van der Waals surface area contributed by atoms with Crippen LogP contribution in [0, 0.1) is 0 Å². The van der Waals surface area contributed by atoms with Gasteiger partial charge in [-0.15, -0.1) is 5.10 Å². The maximum atomic E-state index is 12.7. The summed E-state index contributed by atoms with van der Waals surface area (Å²) in [6.45, 7) is 2.70. The molecule has 1 amide bonds. The minimum atomic E-state index is 0.191. The summed E-state index contributed by atoms with van der Waals surface area (Å²) in [6, 6.07) is 17.7. The highest BCUT2D eigenvalue weighted by atomic mass is 16.5. The fraction of sp³-hybridized carbons (Fsp3) is 0.292. The minimum absolute atomic E-state index is 0.191. The first-order valence-corrected chi connectivity index (χ1v) is 11.0. The molecule has 1 fully saturated rings. The number of hydrogen-bond donors (Lipinski definition) is 0. The zero-order chi connectivity index (χ0) is 22.6. The topological polar surface area (TPSA) is 89.3 Å². The second-order valence-electron chi connectivity index (χ2n) is 7.92. The number of ether oxygens (including phenoxy) is 1. The van der Waals surface area contributed by atoms with E-state index in [2.05, 4.69) is 37.3 Å². The van der Waals surface area contributed by atoms with Crippen LogP contribution >= 0.6 is 0 Å². The largest absolute Gasteiger partial charge is 0.497 e. The second-order valence-corrected chi connectivity index (χ2v) is 7.92. The van der Waals surface area contributed by atoms with E-state index in [9.17, 15) is 4.79 Å². The fourth-order valence-electron chi connectivity index (χ4n) is 4.09. The average molecular weight is 444 g/mol. The predicted octanol–water partition coefficient (Wildman–Crippen LogP) is 2.50. The molecule has 5 rings (SSSR count). The molecule has 2 aromatic carbocycles. The lowest BCUT2D eigenvalue weighted by molar-refractivity contribution is -0.131. The molecule has 3 heterocycles. The van der Waals surface area contributed by atoms with Crippen LogP contribution in [0.5, 0.6) is 5.75 Å². The summed E-state index contributed by atoms with van der Waals surface area (Å²) in [6.07, 6.45) is 2.83. The Hall–Kier alpha value is -4.01. The van der Waals surface area contributed by atoms with Gasteiger partial charge in [-0.05, 0) is 36.2 Å². The molecule has 0 unspecified atom stereocenters. The van der Waals surface area contributed by atoms with Crippen LogP contribution in [-0.2, 0) is 11.2 Å². The van der Waals surface area contributed by atoms with E-state index in [-0.39, 0.29) is 5.91 Å². The van der Waals surface area contributed by atoms with Crippen LogP contribution in [0.1, 0.15) is 12.0 Å². The van der Waals surface area contributed by atoms with Crippen molar-refractivity contribution in [3.05, 3.63) is 66.5 Å². The van der Waals surface area contributed by atoms with Crippen LogP contribution in [0.2, 0.25) is 0 Å². The number of carbonyl (C=O) groups is 1. The molecule has 1 saturated heterocycles. The molecular weight excluding hydrogens is 418 g/mol. The molecule has 33 heavy (non-hydrogen) atoms. The van der Waals surface area contributed by atoms with E-state index in [1.54, 1.807) is 18.1 Å². The third kappa shape index (κ3) is 4.34. The number of piperazine rings is 1. The summed E-state index contributed by atoms with van der Waals surface area (Å²) in [7, 11) is 1.63. The number of anilines is 1. The van der Waals surface area contributed by atoms with E-state index >= 15 is 0 Å². The highest BCUT2D eigenvalue weighted by molar-refractivity contribution is 5.84.